The van der Waals surface area contributed by atoms with Crippen LogP contribution in [0.2, 0.25) is 0 Å². The van der Waals surface area contributed by atoms with E-state index in [1.54, 1.807) is 0 Å². The van der Waals surface area contributed by atoms with Crippen molar-refractivity contribution in [1.29, 1.82) is 0 Å². The lowest BCUT2D eigenvalue weighted by molar-refractivity contribution is -0.403. The van der Waals surface area contributed by atoms with Gasteiger partial charge in [-0.05, 0) is 6.42 Å². The summed E-state index contributed by atoms with van der Waals surface area (Å²) >= 11 is 1.35. The minimum absolute atomic E-state index is 0.139. The molecule has 0 aromatic heterocycles. The van der Waals surface area contributed by atoms with Gasteiger partial charge >= 0.3 is 0 Å². The third-order valence-electron chi connectivity index (χ3n) is 1.64. The lowest BCUT2D eigenvalue weighted by Crippen LogP contribution is -2.31. The van der Waals surface area contributed by atoms with E-state index in [2.05, 4.69) is 0 Å². The molecule has 72 valence electrons. The van der Waals surface area contributed by atoms with Crippen LogP contribution >= 0.6 is 11.8 Å². The molecular weight excluding hydrogens is 192 g/mol. The lowest BCUT2D eigenvalue weighted by Gasteiger charge is -2.25. The Labute approximate surface area is 79.9 Å². The number of carbonyl (C=O) groups is 1. The Hall–Kier alpha value is -1.04. The van der Waals surface area contributed by atoms with Crippen LogP contribution in [0, 0.1) is 10.1 Å². The smallest absolute Gasteiger partial charge is 0.264 e. The van der Waals surface area contributed by atoms with Gasteiger partial charge in [-0.2, -0.15) is 0 Å². The van der Waals surface area contributed by atoms with Gasteiger partial charge in [0.05, 0.1) is 4.92 Å². The Morgan fingerprint density at radius 2 is 2.46 bits per heavy atom. The third kappa shape index (κ3) is 2.73. The van der Waals surface area contributed by atoms with Crippen molar-refractivity contribution in [2.75, 3.05) is 12.3 Å². The van der Waals surface area contributed by atoms with Gasteiger partial charge in [0.25, 0.3) is 6.20 Å². The third-order valence-corrected chi connectivity index (χ3v) is 2.75. The van der Waals surface area contributed by atoms with Gasteiger partial charge in [-0.3, -0.25) is 14.9 Å². The first kappa shape index (κ1) is 10.0. The number of amides is 1. The molecule has 13 heavy (non-hydrogen) atoms. The monoisotopic (exact) mass is 202 g/mol. The van der Waals surface area contributed by atoms with Gasteiger partial charge in [0.1, 0.15) is 5.03 Å². The van der Waals surface area contributed by atoms with E-state index in [-0.39, 0.29) is 5.91 Å². The second-order valence-corrected chi connectivity index (χ2v) is 3.74. The quantitative estimate of drug-likeness (QED) is 0.471. The number of hydrogen-bond donors (Lipinski definition) is 0. The fraction of sp³-hybridized carbons (Fsp3) is 0.571. The number of carbonyl (C=O) groups excluding carboxylic acids is 1. The molecule has 5 nitrogen and oxygen atoms in total. The predicted molar refractivity (Wildman–Crippen MR) is 49.5 cm³/mol. The number of thioether (sulfide) groups is 1. The van der Waals surface area contributed by atoms with E-state index in [1.165, 1.54) is 23.6 Å². The highest BCUT2D eigenvalue weighted by Gasteiger charge is 2.21. The van der Waals surface area contributed by atoms with Crippen LogP contribution in [-0.2, 0) is 4.79 Å². The van der Waals surface area contributed by atoms with Crippen LogP contribution in [0.15, 0.2) is 11.2 Å². The van der Waals surface area contributed by atoms with E-state index < -0.39 is 4.92 Å². The van der Waals surface area contributed by atoms with Gasteiger partial charge in [-0.1, -0.05) is 0 Å². The predicted octanol–water partition coefficient (Wildman–Crippen LogP) is 1.05. The van der Waals surface area contributed by atoms with Crippen LogP contribution in [0.25, 0.3) is 0 Å². The van der Waals surface area contributed by atoms with Crippen molar-refractivity contribution < 1.29 is 9.72 Å². The van der Waals surface area contributed by atoms with Gasteiger partial charge < -0.3 is 4.90 Å². The minimum Gasteiger partial charge on any atom is -0.302 e. The molecule has 1 fully saturated rings. The molecule has 1 aliphatic rings. The molecule has 1 rings (SSSR count). The Balaban J connectivity index is 2.78. The average Bonchev–Trinajstić information content (AvgIpc) is 2.03. The molecule has 1 heterocycles. The second kappa shape index (κ2) is 4.27. The minimum atomic E-state index is -0.524. The number of nitro groups is 1. The van der Waals surface area contributed by atoms with Gasteiger partial charge in [-0.25, -0.2) is 0 Å². The van der Waals surface area contributed by atoms with Crippen molar-refractivity contribution >= 4 is 17.7 Å². The summed E-state index contributed by atoms with van der Waals surface area (Å²) in [5, 5.41) is 10.7. The molecule has 0 spiro atoms. The van der Waals surface area contributed by atoms with Crippen LogP contribution in [0.4, 0.5) is 0 Å². The molecule has 0 aromatic carbocycles. The summed E-state index contributed by atoms with van der Waals surface area (Å²) in [7, 11) is 0. The Morgan fingerprint density at radius 1 is 1.77 bits per heavy atom. The molecular formula is C7H10N2O3S. The maximum atomic E-state index is 11.0. The van der Waals surface area contributed by atoms with E-state index in [0.717, 1.165) is 18.4 Å². The van der Waals surface area contributed by atoms with Crippen molar-refractivity contribution in [1.82, 2.24) is 4.90 Å². The van der Waals surface area contributed by atoms with Crippen LogP contribution in [0.5, 0.6) is 0 Å². The molecule has 1 aliphatic heterocycles. The Morgan fingerprint density at radius 3 is 3.00 bits per heavy atom. The van der Waals surface area contributed by atoms with E-state index in [1.807, 2.05) is 0 Å². The van der Waals surface area contributed by atoms with Crippen molar-refractivity contribution in [3.05, 3.63) is 21.3 Å². The highest BCUT2D eigenvalue weighted by molar-refractivity contribution is 8.03. The summed E-state index contributed by atoms with van der Waals surface area (Å²) in [5.41, 5.74) is 0. The molecule has 0 atom stereocenters. The SMILES string of the molecule is CC(=O)N1CCCS/C1=C/[N+](=O)[O-]. The Bertz CT molecular complexity index is 264. The van der Waals surface area contributed by atoms with Crippen LogP contribution in [-0.4, -0.2) is 28.0 Å². The van der Waals surface area contributed by atoms with Crippen LogP contribution in [0.3, 0.4) is 0 Å². The van der Waals surface area contributed by atoms with E-state index in [9.17, 15) is 14.9 Å². The maximum Gasteiger partial charge on any atom is 0.264 e. The normalized spacial score (nSPS) is 20.4. The van der Waals surface area contributed by atoms with Crippen LogP contribution in [0.1, 0.15) is 13.3 Å². The zero-order valence-corrected chi connectivity index (χ0v) is 8.04. The molecule has 1 amide bonds. The fourth-order valence-corrected chi connectivity index (χ4v) is 2.12. The summed E-state index contributed by atoms with van der Waals surface area (Å²) in [6.45, 7) is 2.00. The molecule has 0 N–H and O–H groups in total. The molecule has 6 heteroatoms. The van der Waals surface area contributed by atoms with Crippen molar-refractivity contribution in [2.24, 2.45) is 0 Å². The highest BCUT2D eigenvalue weighted by atomic mass is 32.2. The van der Waals surface area contributed by atoms with Crippen molar-refractivity contribution in [3.8, 4) is 0 Å². The molecule has 0 aliphatic carbocycles. The van der Waals surface area contributed by atoms with E-state index in [4.69, 9.17) is 0 Å². The largest absolute Gasteiger partial charge is 0.302 e. The van der Waals surface area contributed by atoms with Crippen LogP contribution < -0.4 is 0 Å². The first-order valence-corrected chi connectivity index (χ1v) is 4.86. The number of hydrogen-bond acceptors (Lipinski definition) is 4. The summed E-state index contributed by atoms with van der Waals surface area (Å²) in [6, 6.07) is 0. The highest BCUT2D eigenvalue weighted by Crippen LogP contribution is 2.26. The first-order chi connectivity index (χ1) is 6.11. The van der Waals surface area contributed by atoms with Gasteiger partial charge in [0.15, 0.2) is 0 Å². The standard InChI is InChI=1S/C7H10N2O3S/c1-6(10)8-3-2-4-13-7(8)5-9(11)12/h5H,2-4H2,1H3/b7-5+. The van der Waals surface area contributed by atoms with Gasteiger partial charge in [0, 0.05) is 19.2 Å². The van der Waals surface area contributed by atoms with Crippen molar-refractivity contribution in [3.63, 3.8) is 0 Å². The average molecular weight is 202 g/mol. The van der Waals surface area contributed by atoms with Crippen molar-refractivity contribution in [2.45, 2.75) is 13.3 Å². The van der Waals surface area contributed by atoms with E-state index in [0.29, 0.717) is 11.6 Å². The molecule has 0 bridgehead atoms. The molecule has 0 aromatic rings. The number of rotatable bonds is 1. The summed E-state index contributed by atoms with van der Waals surface area (Å²) in [5.74, 6) is 0.698. The fourth-order valence-electron chi connectivity index (χ4n) is 1.10. The lowest BCUT2D eigenvalue weighted by atomic mass is 10.4. The first-order valence-electron chi connectivity index (χ1n) is 3.87. The Kier molecular flexibility index (Phi) is 3.30. The zero-order chi connectivity index (χ0) is 9.84. The maximum absolute atomic E-state index is 11.0. The van der Waals surface area contributed by atoms with E-state index >= 15 is 0 Å². The summed E-state index contributed by atoms with van der Waals surface area (Å²) in [4.78, 5) is 22.2. The van der Waals surface area contributed by atoms with Gasteiger partial charge in [-0.15, -0.1) is 11.8 Å². The topological polar surface area (TPSA) is 63.5 Å². The molecule has 0 unspecified atom stereocenters. The molecule has 0 saturated carbocycles. The summed E-state index contributed by atoms with van der Waals surface area (Å²) < 4.78 is 0. The molecule has 0 radical (unpaired) electrons. The van der Waals surface area contributed by atoms with Gasteiger partial charge in [0.2, 0.25) is 5.91 Å². The number of nitrogens with zero attached hydrogens (tertiary/aromatic N) is 2. The second-order valence-electron chi connectivity index (χ2n) is 2.63. The summed E-state index contributed by atoms with van der Waals surface area (Å²) in [6.07, 6.45) is 1.78. The molecule has 1 saturated heterocycles. The zero-order valence-electron chi connectivity index (χ0n) is 7.23.